The summed E-state index contributed by atoms with van der Waals surface area (Å²) in [7, 11) is 0. The first-order valence-corrected chi connectivity index (χ1v) is 6.92. The van der Waals surface area contributed by atoms with E-state index in [9.17, 15) is 0 Å². The highest BCUT2D eigenvalue weighted by molar-refractivity contribution is 5.14. The molecule has 2 nitrogen and oxygen atoms in total. The van der Waals surface area contributed by atoms with Gasteiger partial charge in [0.1, 0.15) is 0 Å². The fourth-order valence-electron chi connectivity index (χ4n) is 3.20. The Morgan fingerprint density at radius 3 is 2.53 bits per heavy atom. The van der Waals surface area contributed by atoms with Crippen LogP contribution in [0.4, 0.5) is 0 Å². The molecule has 1 aromatic carbocycles. The monoisotopic (exact) mass is 230 g/mol. The standard InChI is InChI=1S/C15H22N2/c1-2-6-14(7-3-1)12-16-11-8-15(13-16)17-9-4-5-10-17/h1-3,6-7,15H,4-5,8-13H2/t15-/m1/s1. The van der Waals surface area contributed by atoms with Crippen LogP contribution in [0.3, 0.4) is 0 Å². The molecule has 3 rings (SSSR count). The summed E-state index contributed by atoms with van der Waals surface area (Å²) in [4.78, 5) is 5.31. The van der Waals surface area contributed by atoms with Crippen molar-refractivity contribution in [2.45, 2.75) is 31.8 Å². The summed E-state index contributed by atoms with van der Waals surface area (Å²) < 4.78 is 0. The Labute approximate surface area is 104 Å². The lowest BCUT2D eigenvalue weighted by atomic mass is 10.2. The van der Waals surface area contributed by atoms with Crippen molar-refractivity contribution in [1.82, 2.24) is 9.80 Å². The van der Waals surface area contributed by atoms with Gasteiger partial charge in [0, 0.05) is 25.7 Å². The molecule has 2 aliphatic rings. The second-order valence-electron chi connectivity index (χ2n) is 5.41. The lowest BCUT2D eigenvalue weighted by Gasteiger charge is -2.23. The topological polar surface area (TPSA) is 6.48 Å². The lowest BCUT2D eigenvalue weighted by molar-refractivity contribution is 0.230. The van der Waals surface area contributed by atoms with Crippen LogP contribution in [0.1, 0.15) is 24.8 Å². The predicted octanol–water partition coefficient (Wildman–Crippen LogP) is 2.36. The van der Waals surface area contributed by atoms with Crippen LogP contribution >= 0.6 is 0 Å². The number of likely N-dealkylation sites (tertiary alicyclic amines) is 2. The SMILES string of the molecule is c1ccc(CN2CC[C@@H](N3CCCC3)C2)cc1. The average Bonchev–Trinajstić information content (AvgIpc) is 3.00. The molecule has 2 fully saturated rings. The highest BCUT2D eigenvalue weighted by Crippen LogP contribution is 2.21. The van der Waals surface area contributed by atoms with Crippen molar-refractivity contribution in [3.63, 3.8) is 0 Å². The number of nitrogens with zero attached hydrogens (tertiary/aromatic N) is 2. The van der Waals surface area contributed by atoms with E-state index in [1.54, 1.807) is 0 Å². The van der Waals surface area contributed by atoms with Crippen LogP contribution < -0.4 is 0 Å². The summed E-state index contributed by atoms with van der Waals surface area (Å²) >= 11 is 0. The number of rotatable bonds is 3. The summed E-state index contributed by atoms with van der Waals surface area (Å²) in [6, 6.07) is 11.7. The Bertz CT molecular complexity index is 343. The van der Waals surface area contributed by atoms with E-state index in [1.165, 1.54) is 51.0 Å². The number of benzene rings is 1. The largest absolute Gasteiger partial charge is 0.299 e. The van der Waals surface area contributed by atoms with Crippen LogP contribution in [0.25, 0.3) is 0 Å². The fraction of sp³-hybridized carbons (Fsp3) is 0.600. The molecule has 17 heavy (non-hydrogen) atoms. The Morgan fingerprint density at radius 1 is 1.00 bits per heavy atom. The normalized spacial score (nSPS) is 26.7. The molecule has 0 bridgehead atoms. The zero-order chi connectivity index (χ0) is 11.5. The Morgan fingerprint density at radius 2 is 1.76 bits per heavy atom. The second-order valence-corrected chi connectivity index (χ2v) is 5.41. The van der Waals surface area contributed by atoms with Crippen molar-refractivity contribution in [3.8, 4) is 0 Å². The second kappa shape index (κ2) is 5.19. The van der Waals surface area contributed by atoms with E-state index in [4.69, 9.17) is 0 Å². The first-order chi connectivity index (χ1) is 8.42. The van der Waals surface area contributed by atoms with Crippen LogP contribution in [0, 0.1) is 0 Å². The van der Waals surface area contributed by atoms with Crippen LogP contribution in [-0.2, 0) is 6.54 Å². The molecule has 2 aliphatic heterocycles. The van der Waals surface area contributed by atoms with Gasteiger partial charge in [-0.1, -0.05) is 30.3 Å². The minimum absolute atomic E-state index is 0.834. The van der Waals surface area contributed by atoms with Gasteiger partial charge in [0.15, 0.2) is 0 Å². The summed E-state index contributed by atoms with van der Waals surface area (Å²) in [5, 5.41) is 0. The molecule has 2 saturated heterocycles. The van der Waals surface area contributed by atoms with Crippen LogP contribution in [0.2, 0.25) is 0 Å². The Kier molecular flexibility index (Phi) is 3.44. The van der Waals surface area contributed by atoms with Crippen LogP contribution in [-0.4, -0.2) is 42.0 Å². The van der Waals surface area contributed by atoms with Gasteiger partial charge in [-0.05, 0) is 37.9 Å². The third-order valence-corrected chi connectivity index (χ3v) is 4.15. The van der Waals surface area contributed by atoms with E-state index in [0.717, 1.165) is 12.6 Å². The molecule has 0 radical (unpaired) electrons. The summed E-state index contributed by atoms with van der Waals surface area (Å²) in [5.74, 6) is 0. The molecule has 0 aliphatic carbocycles. The van der Waals surface area contributed by atoms with Gasteiger partial charge in [-0.15, -0.1) is 0 Å². The van der Waals surface area contributed by atoms with Crippen molar-refractivity contribution >= 4 is 0 Å². The van der Waals surface area contributed by atoms with E-state index >= 15 is 0 Å². The molecular formula is C15H22N2. The first kappa shape index (κ1) is 11.2. The number of hydrogen-bond donors (Lipinski definition) is 0. The molecule has 2 heterocycles. The van der Waals surface area contributed by atoms with E-state index in [0.29, 0.717) is 0 Å². The molecule has 1 atom stereocenters. The zero-order valence-electron chi connectivity index (χ0n) is 10.5. The van der Waals surface area contributed by atoms with Gasteiger partial charge in [-0.3, -0.25) is 9.80 Å². The predicted molar refractivity (Wildman–Crippen MR) is 70.9 cm³/mol. The van der Waals surface area contributed by atoms with Crippen LogP contribution in [0.15, 0.2) is 30.3 Å². The molecule has 1 aromatic rings. The van der Waals surface area contributed by atoms with Crippen molar-refractivity contribution < 1.29 is 0 Å². The van der Waals surface area contributed by atoms with Gasteiger partial charge in [0.05, 0.1) is 0 Å². The van der Waals surface area contributed by atoms with Crippen molar-refractivity contribution in [1.29, 1.82) is 0 Å². The zero-order valence-corrected chi connectivity index (χ0v) is 10.5. The molecule has 2 heteroatoms. The third-order valence-electron chi connectivity index (χ3n) is 4.15. The van der Waals surface area contributed by atoms with Gasteiger partial charge in [0.25, 0.3) is 0 Å². The van der Waals surface area contributed by atoms with Gasteiger partial charge in [-0.2, -0.15) is 0 Å². The highest BCUT2D eigenvalue weighted by atomic mass is 15.3. The van der Waals surface area contributed by atoms with Gasteiger partial charge in [0.2, 0.25) is 0 Å². The maximum Gasteiger partial charge on any atom is 0.0235 e. The maximum atomic E-state index is 2.70. The third kappa shape index (κ3) is 2.70. The van der Waals surface area contributed by atoms with E-state index in [-0.39, 0.29) is 0 Å². The minimum atomic E-state index is 0.834. The van der Waals surface area contributed by atoms with Crippen molar-refractivity contribution in [2.75, 3.05) is 26.2 Å². The molecule has 0 unspecified atom stereocenters. The van der Waals surface area contributed by atoms with E-state index in [1.807, 2.05) is 0 Å². The Hall–Kier alpha value is -0.860. The smallest absolute Gasteiger partial charge is 0.0235 e. The molecule has 92 valence electrons. The highest BCUT2D eigenvalue weighted by Gasteiger charge is 2.28. The first-order valence-electron chi connectivity index (χ1n) is 6.92. The quantitative estimate of drug-likeness (QED) is 0.786. The molecular weight excluding hydrogens is 208 g/mol. The lowest BCUT2D eigenvalue weighted by Crippen LogP contribution is -2.35. The maximum absolute atomic E-state index is 2.70. The van der Waals surface area contributed by atoms with E-state index < -0.39 is 0 Å². The number of hydrogen-bond acceptors (Lipinski definition) is 2. The minimum Gasteiger partial charge on any atom is -0.299 e. The molecule has 0 aromatic heterocycles. The summed E-state index contributed by atoms with van der Waals surface area (Å²) in [5.41, 5.74) is 1.45. The van der Waals surface area contributed by atoms with E-state index in [2.05, 4.69) is 40.1 Å². The summed E-state index contributed by atoms with van der Waals surface area (Å²) in [6.45, 7) is 6.35. The van der Waals surface area contributed by atoms with Gasteiger partial charge in [-0.25, -0.2) is 0 Å². The van der Waals surface area contributed by atoms with Crippen molar-refractivity contribution in [3.05, 3.63) is 35.9 Å². The van der Waals surface area contributed by atoms with Gasteiger partial charge < -0.3 is 0 Å². The molecule has 0 N–H and O–H groups in total. The Balaban J connectivity index is 1.53. The molecule has 0 amide bonds. The molecule has 0 saturated carbocycles. The fourth-order valence-corrected chi connectivity index (χ4v) is 3.20. The van der Waals surface area contributed by atoms with Gasteiger partial charge >= 0.3 is 0 Å². The van der Waals surface area contributed by atoms with Crippen LogP contribution in [0.5, 0.6) is 0 Å². The molecule has 0 spiro atoms. The van der Waals surface area contributed by atoms with Crippen molar-refractivity contribution in [2.24, 2.45) is 0 Å². The summed E-state index contributed by atoms with van der Waals surface area (Å²) in [6.07, 6.45) is 4.19. The average molecular weight is 230 g/mol.